The Balaban J connectivity index is 1.66. The van der Waals surface area contributed by atoms with Gasteiger partial charge in [0.05, 0.1) is 24.1 Å². The number of ether oxygens (including phenoxy) is 1. The molecule has 0 radical (unpaired) electrons. The second kappa shape index (κ2) is 10.1. The highest BCUT2D eigenvalue weighted by molar-refractivity contribution is 7.89. The molecule has 0 aromatic heterocycles. The molecule has 0 amide bonds. The van der Waals surface area contributed by atoms with Gasteiger partial charge in [-0.1, -0.05) is 18.2 Å². The molecule has 31 heavy (non-hydrogen) atoms. The summed E-state index contributed by atoms with van der Waals surface area (Å²) < 4.78 is 43.0. The SMILES string of the molecule is CCNC(=NCc1cccc(S(N)(=O)=O)c1)NC(C)c1ccc(OCC2CC2)c(F)c1. The molecule has 0 spiro atoms. The number of nitrogens with zero attached hydrogens (tertiary/aromatic N) is 1. The maximum atomic E-state index is 14.4. The summed E-state index contributed by atoms with van der Waals surface area (Å²) in [6, 6.07) is 11.1. The number of aliphatic imine (C=N–C) groups is 1. The predicted octanol–water partition coefficient (Wildman–Crippen LogP) is 3.08. The predicted molar refractivity (Wildman–Crippen MR) is 119 cm³/mol. The molecule has 1 aliphatic carbocycles. The molecule has 4 N–H and O–H groups in total. The van der Waals surface area contributed by atoms with E-state index in [1.165, 1.54) is 18.2 Å². The molecule has 3 rings (SSSR count). The van der Waals surface area contributed by atoms with Gasteiger partial charge in [0.2, 0.25) is 10.0 Å². The summed E-state index contributed by atoms with van der Waals surface area (Å²) in [5.41, 5.74) is 1.47. The van der Waals surface area contributed by atoms with E-state index in [4.69, 9.17) is 9.88 Å². The Morgan fingerprint density at radius 3 is 2.71 bits per heavy atom. The second-order valence-electron chi connectivity index (χ2n) is 7.70. The largest absolute Gasteiger partial charge is 0.490 e. The molecule has 1 aliphatic rings. The number of sulfonamides is 1. The Kier molecular flexibility index (Phi) is 7.50. The number of guanidine groups is 1. The highest BCUT2D eigenvalue weighted by Crippen LogP contribution is 2.30. The van der Waals surface area contributed by atoms with E-state index in [0.29, 0.717) is 30.6 Å². The lowest BCUT2D eigenvalue weighted by molar-refractivity contribution is 0.285. The van der Waals surface area contributed by atoms with Gasteiger partial charge in [0.25, 0.3) is 0 Å². The zero-order chi connectivity index (χ0) is 22.4. The molecule has 0 heterocycles. The zero-order valence-corrected chi connectivity index (χ0v) is 18.6. The van der Waals surface area contributed by atoms with Gasteiger partial charge in [-0.25, -0.2) is 22.9 Å². The average molecular weight is 449 g/mol. The molecule has 0 bridgehead atoms. The number of halogens is 1. The van der Waals surface area contributed by atoms with Crippen LogP contribution in [0.3, 0.4) is 0 Å². The van der Waals surface area contributed by atoms with Gasteiger partial charge >= 0.3 is 0 Å². The Morgan fingerprint density at radius 2 is 2.06 bits per heavy atom. The molecule has 2 aromatic rings. The number of hydrogen-bond acceptors (Lipinski definition) is 4. The third-order valence-electron chi connectivity index (χ3n) is 4.97. The van der Waals surface area contributed by atoms with Crippen molar-refractivity contribution in [2.24, 2.45) is 16.0 Å². The standard InChI is InChI=1S/C22H29FN4O3S/c1-3-25-22(26-13-17-5-4-6-19(11-17)31(24,28)29)27-15(2)18-9-10-21(20(23)12-18)30-14-16-7-8-16/h4-6,9-12,15-16H,3,7-8,13-14H2,1-2H3,(H2,24,28,29)(H2,25,26,27). The summed E-state index contributed by atoms with van der Waals surface area (Å²) in [6.45, 7) is 5.31. The smallest absolute Gasteiger partial charge is 0.238 e. The fourth-order valence-electron chi connectivity index (χ4n) is 3.00. The van der Waals surface area contributed by atoms with Crippen LogP contribution in [0.15, 0.2) is 52.4 Å². The van der Waals surface area contributed by atoms with Crippen LogP contribution in [-0.2, 0) is 16.6 Å². The number of nitrogens with two attached hydrogens (primary N) is 1. The van der Waals surface area contributed by atoms with Crippen LogP contribution >= 0.6 is 0 Å². The van der Waals surface area contributed by atoms with Crippen LogP contribution in [-0.4, -0.2) is 27.5 Å². The molecule has 1 unspecified atom stereocenters. The topological polar surface area (TPSA) is 106 Å². The van der Waals surface area contributed by atoms with Gasteiger partial charge in [0, 0.05) is 6.54 Å². The summed E-state index contributed by atoms with van der Waals surface area (Å²) in [4.78, 5) is 4.56. The van der Waals surface area contributed by atoms with Crippen LogP contribution in [0.4, 0.5) is 4.39 Å². The van der Waals surface area contributed by atoms with Crippen LogP contribution in [0.1, 0.15) is 43.9 Å². The Hall–Kier alpha value is -2.65. The summed E-state index contributed by atoms with van der Waals surface area (Å²) in [6.07, 6.45) is 2.30. The third-order valence-corrected chi connectivity index (χ3v) is 5.88. The number of rotatable bonds is 9. The van der Waals surface area contributed by atoms with Gasteiger partial charge < -0.3 is 15.4 Å². The zero-order valence-electron chi connectivity index (χ0n) is 17.8. The van der Waals surface area contributed by atoms with Crippen molar-refractivity contribution in [3.63, 3.8) is 0 Å². The summed E-state index contributed by atoms with van der Waals surface area (Å²) >= 11 is 0. The van der Waals surface area contributed by atoms with Crippen molar-refractivity contribution in [3.05, 3.63) is 59.4 Å². The van der Waals surface area contributed by atoms with E-state index in [-0.39, 0.29) is 29.0 Å². The molecule has 0 saturated heterocycles. The number of hydrogen-bond donors (Lipinski definition) is 3. The molecule has 0 aliphatic heterocycles. The van der Waals surface area contributed by atoms with Gasteiger partial charge in [-0.15, -0.1) is 0 Å². The van der Waals surface area contributed by atoms with Crippen LogP contribution in [0.5, 0.6) is 5.75 Å². The fraction of sp³-hybridized carbons (Fsp3) is 0.409. The normalized spacial score (nSPS) is 15.4. The lowest BCUT2D eigenvalue weighted by Gasteiger charge is -2.19. The van der Waals surface area contributed by atoms with Gasteiger partial charge in [0.1, 0.15) is 0 Å². The summed E-state index contributed by atoms with van der Waals surface area (Å²) in [5, 5.41) is 11.6. The van der Waals surface area contributed by atoms with E-state index in [0.717, 1.165) is 18.4 Å². The van der Waals surface area contributed by atoms with Gasteiger partial charge in [-0.3, -0.25) is 0 Å². The molecule has 1 saturated carbocycles. The average Bonchev–Trinajstić information content (AvgIpc) is 3.55. The van der Waals surface area contributed by atoms with Crippen LogP contribution in [0.2, 0.25) is 0 Å². The van der Waals surface area contributed by atoms with E-state index in [9.17, 15) is 12.8 Å². The van der Waals surface area contributed by atoms with Crippen molar-refractivity contribution in [1.29, 1.82) is 0 Å². The number of primary sulfonamides is 1. The lowest BCUT2D eigenvalue weighted by Crippen LogP contribution is -2.38. The highest BCUT2D eigenvalue weighted by Gasteiger charge is 2.22. The molecular formula is C22H29FN4O3S. The minimum absolute atomic E-state index is 0.0472. The molecule has 1 fully saturated rings. The minimum Gasteiger partial charge on any atom is -0.490 e. The molecular weight excluding hydrogens is 419 g/mol. The van der Waals surface area contributed by atoms with Crippen LogP contribution in [0, 0.1) is 11.7 Å². The van der Waals surface area contributed by atoms with E-state index in [2.05, 4.69) is 15.6 Å². The lowest BCUT2D eigenvalue weighted by atomic mass is 10.1. The fourth-order valence-corrected chi connectivity index (χ4v) is 3.58. The molecule has 7 nitrogen and oxygen atoms in total. The van der Waals surface area contributed by atoms with Crippen molar-refractivity contribution in [1.82, 2.24) is 10.6 Å². The minimum atomic E-state index is -3.77. The van der Waals surface area contributed by atoms with E-state index >= 15 is 0 Å². The van der Waals surface area contributed by atoms with Crippen molar-refractivity contribution in [2.75, 3.05) is 13.2 Å². The molecule has 1 atom stereocenters. The summed E-state index contributed by atoms with van der Waals surface area (Å²) in [5.74, 6) is 0.987. The number of nitrogens with one attached hydrogen (secondary N) is 2. The third kappa shape index (κ3) is 6.93. The maximum absolute atomic E-state index is 14.4. The Morgan fingerprint density at radius 1 is 1.29 bits per heavy atom. The van der Waals surface area contributed by atoms with E-state index in [1.807, 2.05) is 19.9 Å². The van der Waals surface area contributed by atoms with Crippen molar-refractivity contribution >= 4 is 16.0 Å². The van der Waals surface area contributed by atoms with Crippen molar-refractivity contribution in [3.8, 4) is 5.75 Å². The van der Waals surface area contributed by atoms with E-state index < -0.39 is 10.0 Å². The molecule has 2 aromatic carbocycles. The van der Waals surface area contributed by atoms with E-state index in [1.54, 1.807) is 18.2 Å². The van der Waals surface area contributed by atoms with Crippen LogP contribution in [0.25, 0.3) is 0 Å². The first kappa shape index (κ1) is 23.0. The maximum Gasteiger partial charge on any atom is 0.238 e. The van der Waals surface area contributed by atoms with Crippen molar-refractivity contribution in [2.45, 2.75) is 44.2 Å². The second-order valence-corrected chi connectivity index (χ2v) is 9.26. The molecule has 168 valence electrons. The first-order chi connectivity index (χ1) is 14.8. The monoisotopic (exact) mass is 448 g/mol. The first-order valence-corrected chi connectivity index (χ1v) is 11.9. The number of benzene rings is 2. The van der Waals surface area contributed by atoms with Gasteiger partial charge in [0.15, 0.2) is 17.5 Å². The highest BCUT2D eigenvalue weighted by atomic mass is 32.2. The van der Waals surface area contributed by atoms with Gasteiger partial charge in [-0.2, -0.15) is 0 Å². The Bertz CT molecular complexity index is 1040. The quantitative estimate of drug-likeness (QED) is 0.404. The van der Waals surface area contributed by atoms with Crippen LogP contribution < -0.4 is 20.5 Å². The Labute approximate surface area is 183 Å². The van der Waals surface area contributed by atoms with Crippen molar-refractivity contribution < 1.29 is 17.5 Å². The molecule has 9 heteroatoms. The van der Waals surface area contributed by atoms with Gasteiger partial charge in [-0.05, 0) is 68.0 Å². The summed E-state index contributed by atoms with van der Waals surface area (Å²) in [7, 11) is -3.77. The first-order valence-electron chi connectivity index (χ1n) is 10.3.